The highest BCUT2D eigenvalue weighted by atomic mass is 32.2. The first kappa shape index (κ1) is 14.7. The summed E-state index contributed by atoms with van der Waals surface area (Å²) in [5, 5.41) is 3.86. The summed E-state index contributed by atoms with van der Waals surface area (Å²) in [5.74, 6) is 3.00. The quantitative estimate of drug-likeness (QED) is 0.747. The molecule has 1 heterocycles. The first-order valence-corrected chi connectivity index (χ1v) is 8.94. The van der Waals surface area contributed by atoms with Gasteiger partial charge in [-0.1, -0.05) is 13.8 Å². The molecule has 0 spiro atoms. The van der Waals surface area contributed by atoms with Crippen LogP contribution in [0.1, 0.15) is 40.0 Å². The molecule has 1 saturated carbocycles. The molecule has 2 nitrogen and oxygen atoms in total. The lowest BCUT2D eigenvalue weighted by Gasteiger charge is -2.48. The number of thioether (sulfide) groups is 1. The number of hydrogen-bond donors (Lipinski definition) is 1. The molecule has 0 radical (unpaired) electrons. The number of nitrogens with zero attached hydrogens (tertiary/aromatic N) is 1. The zero-order valence-corrected chi connectivity index (χ0v) is 13.4. The van der Waals surface area contributed by atoms with Gasteiger partial charge in [-0.25, -0.2) is 0 Å². The van der Waals surface area contributed by atoms with Gasteiger partial charge in [0.25, 0.3) is 0 Å². The minimum absolute atomic E-state index is 0.394. The van der Waals surface area contributed by atoms with E-state index in [-0.39, 0.29) is 0 Å². The summed E-state index contributed by atoms with van der Waals surface area (Å²) in [6, 6.07) is 0.735. The molecular formula is C15H30N2S. The van der Waals surface area contributed by atoms with Crippen LogP contribution in [0.25, 0.3) is 0 Å². The van der Waals surface area contributed by atoms with Crippen LogP contribution in [-0.4, -0.2) is 48.1 Å². The third kappa shape index (κ3) is 3.43. The zero-order chi connectivity index (χ0) is 13.2. The van der Waals surface area contributed by atoms with Crippen molar-refractivity contribution in [3.63, 3.8) is 0 Å². The van der Waals surface area contributed by atoms with E-state index in [1.807, 2.05) is 11.8 Å². The van der Waals surface area contributed by atoms with Gasteiger partial charge >= 0.3 is 0 Å². The van der Waals surface area contributed by atoms with Crippen molar-refractivity contribution in [2.45, 2.75) is 51.6 Å². The van der Waals surface area contributed by atoms with Crippen molar-refractivity contribution in [2.75, 3.05) is 31.6 Å². The van der Waals surface area contributed by atoms with Crippen LogP contribution >= 0.6 is 11.8 Å². The second kappa shape index (κ2) is 6.15. The monoisotopic (exact) mass is 270 g/mol. The fourth-order valence-corrected chi connectivity index (χ4v) is 3.79. The van der Waals surface area contributed by atoms with E-state index in [4.69, 9.17) is 0 Å². The van der Waals surface area contributed by atoms with Crippen LogP contribution in [0.3, 0.4) is 0 Å². The summed E-state index contributed by atoms with van der Waals surface area (Å²) in [7, 11) is 0. The highest BCUT2D eigenvalue weighted by molar-refractivity contribution is 7.98. The Hall–Kier alpha value is 0.270. The minimum Gasteiger partial charge on any atom is -0.308 e. The Morgan fingerprint density at radius 2 is 2.11 bits per heavy atom. The van der Waals surface area contributed by atoms with E-state index in [0.29, 0.717) is 5.54 Å². The van der Waals surface area contributed by atoms with E-state index in [2.05, 4.69) is 37.2 Å². The van der Waals surface area contributed by atoms with Crippen LogP contribution in [-0.2, 0) is 0 Å². The van der Waals surface area contributed by atoms with Gasteiger partial charge in [-0.2, -0.15) is 11.8 Å². The van der Waals surface area contributed by atoms with Gasteiger partial charge in [0.15, 0.2) is 0 Å². The zero-order valence-electron chi connectivity index (χ0n) is 12.5. The first-order chi connectivity index (χ1) is 8.57. The third-order valence-corrected chi connectivity index (χ3v) is 5.45. The fraction of sp³-hybridized carbons (Fsp3) is 1.00. The second-order valence-electron chi connectivity index (χ2n) is 6.70. The summed E-state index contributed by atoms with van der Waals surface area (Å²) in [6.45, 7) is 10.9. The van der Waals surface area contributed by atoms with E-state index in [0.717, 1.165) is 17.9 Å². The Bertz CT molecular complexity index is 265. The van der Waals surface area contributed by atoms with Crippen LogP contribution < -0.4 is 5.32 Å². The molecule has 2 aliphatic rings. The smallest absolute Gasteiger partial charge is 0.0309 e. The maximum Gasteiger partial charge on any atom is 0.0309 e. The van der Waals surface area contributed by atoms with Gasteiger partial charge in [0.1, 0.15) is 0 Å². The molecule has 106 valence electrons. The number of rotatable bonds is 6. The fourth-order valence-electron chi connectivity index (χ4n) is 3.37. The molecule has 3 heteroatoms. The van der Waals surface area contributed by atoms with Crippen molar-refractivity contribution >= 4 is 11.8 Å². The first-order valence-electron chi connectivity index (χ1n) is 7.55. The summed E-state index contributed by atoms with van der Waals surface area (Å²) in [5.41, 5.74) is 0.394. The van der Waals surface area contributed by atoms with E-state index in [9.17, 15) is 0 Å². The normalized spacial score (nSPS) is 34.2. The molecule has 0 aromatic rings. The van der Waals surface area contributed by atoms with Gasteiger partial charge in [0.2, 0.25) is 0 Å². The maximum atomic E-state index is 3.86. The summed E-state index contributed by atoms with van der Waals surface area (Å²) >= 11 is 1.98. The molecule has 2 rings (SSSR count). The standard InChI is InChI=1S/C15H30N2S/c1-12(2)14-10-16-15(3,13-6-7-13)11-17(14)8-5-9-18-4/h12-14,16H,5-11H2,1-4H3. The highest BCUT2D eigenvalue weighted by Crippen LogP contribution is 2.41. The molecule has 0 bridgehead atoms. The Labute approximate surface area is 117 Å². The summed E-state index contributed by atoms with van der Waals surface area (Å²) < 4.78 is 0. The molecule has 1 aliphatic heterocycles. The Morgan fingerprint density at radius 1 is 1.39 bits per heavy atom. The van der Waals surface area contributed by atoms with Gasteiger partial charge in [0, 0.05) is 24.7 Å². The van der Waals surface area contributed by atoms with Crippen LogP contribution in [0.15, 0.2) is 0 Å². The third-order valence-electron chi connectivity index (χ3n) is 4.76. The topological polar surface area (TPSA) is 15.3 Å². The van der Waals surface area contributed by atoms with Crippen molar-refractivity contribution < 1.29 is 0 Å². The second-order valence-corrected chi connectivity index (χ2v) is 7.69. The van der Waals surface area contributed by atoms with Crippen molar-refractivity contribution in [1.29, 1.82) is 0 Å². The molecule has 2 atom stereocenters. The van der Waals surface area contributed by atoms with E-state index >= 15 is 0 Å². The summed E-state index contributed by atoms with van der Waals surface area (Å²) in [6.07, 6.45) is 6.43. The van der Waals surface area contributed by atoms with Gasteiger partial charge in [-0.3, -0.25) is 4.90 Å². The van der Waals surface area contributed by atoms with Crippen LogP contribution in [0.4, 0.5) is 0 Å². The molecule has 18 heavy (non-hydrogen) atoms. The van der Waals surface area contributed by atoms with Gasteiger partial charge in [-0.15, -0.1) is 0 Å². The molecule has 0 amide bonds. The maximum absolute atomic E-state index is 3.86. The van der Waals surface area contributed by atoms with Gasteiger partial charge < -0.3 is 5.32 Å². The van der Waals surface area contributed by atoms with E-state index < -0.39 is 0 Å². The minimum atomic E-state index is 0.394. The molecular weight excluding hydrogens is 240 g/mol. The van der Waals surface area contributed by atoms with Crippen molar-refractivity contribution in [3.05, 3.63) is 0 Å². The van der Waals surface area contributed by atoms with Crippen molar-refractivity contribution in [1.82, 2.24) is 10.2 Å². The predicted molar refractivity (Wildman–Crippen MR) is 82.3 cm³/mol. The van der Waals surface area contributed by atoms with Crippen molar-refractivity contribution in [3.8, 4) is 0 Å². The van der Waals surface area contributed by atoms with E-state index in [1.54, 1.807) is 0 Å². The Morgan fingerprint density at radius 3 is 2.67 bits per heavy atom. The van der Waals surface area contributed by atoms with E-state index in [1.165, 1.54) is 44.6 Å². The average Bonchev–Trinajstić information content (AvgIpc) is 3.13. The van der Waals surface area contributed by atoms with Crippen LogP contribution in [0, 0.1) is 11.8 Å². The van der Waals surface area contributed by atoms with Gasteiger partial charge in [0.05, 0.1) is 0 Å². The highest BCUT2D eigenvalue weighted by Gasteiger charge is 2.46. The molecule has 1 N–H and O–H groups in total. The Kier molecular flexibility index (Phi) is 5.01. The predicted octanol–water partition coefficient (Wildman–Crippen LogP) is 2.84. The average molecular weight is 270 g/mol. The molecule has 0 aromatic carbocycles. The lowest BCUT2D eigenvalue weighted by atomic mass is 9.88. The molecule has 0 aromatic heterocycles. The summed E-state index contributed by atoms with van der Waals surface area (Å²) in [4.78, 5) is 2.77. The molecule has 1 saturated heterocycles. The van der Waals surface area contributed by atoms with Crippen molar-refractivity contribution in [2.24, 2.45) is 11.8 Å². The lowest BCUT2D eigenvalue weighted by molar-refractivity contribution is 0.0528. The lowest BCUT2D eigenvalue weighted by Crippen LogP contribution is -2.65. The largest absolute Gasteiger partial charge is 0.308 e. The molecule has 2 unspecified atom stereocenters. The number of hydrogen-bond acceptors (Lipinski definition) is 3. The Balaban J connectivity index is 1.94. The van der Waals surface area contributed by atoms with Crippen LogP contribution in [0.5, 0.6) is 0 Å². The van der Waals surface area contributed by atoms with Crippen LogP contribution in [0.2, 0.25) is 0 Å². The number of nitrogens with one attached hydrogen (secondary N) is 1. The van der Waals surface area contributed by atoms with Gasteiger partial charge in [-0.05, 0) is 56.6 Å². The number of piperazine rings is 1. The molecule has 2 fully saturated rings. The molecule has 1 aliphatic carbocycles. The SMILES string of the molecule is CSCCCN1CC(C)(C2CC2)NCC1C(C)C.